The van der Waals surface area contributed by atoms with Crippen molar-refractivity contribution in [2.24, 2.45) is 0 Å². The van der Waals surface area contributed by atoms with Gasteiger partial charge in [0.05, 0.1) is 0 Å². The van der Waals surface area contributed by atoms with E-state index < -0.39 is 0 Å². The van der Waals surface area contributed by atoms with Gasteiger partial charge in [0.1, 0.15) is 0 Å². The molecule has 1 aromatic rings. The van der Waals surface area contributed by atoms with Gasteiger partial charge in [-0.15, -0.1) is 10.2 Å². The van der Waals surface area contributed by atoms with Crippen LogP contribution in [0.3, 0.4) is 0 Å². The average Bonchev–Trinajstić information content (AvgIpc) is 3.02. The number of rotatable bonds is 13. The molecular formula is C17H34N4. The lowest BCUT2D eigenvalue weighted by Gasteiger charge is -2.26. The maximum atomic E-state index is 4.27. The quantitative estimate of drug-likeness (QED) is 0.510. The van der Waals surface area contributed by atoms with Gasteiger partial charge in [-0.3, -0.25) is 0 Å². The van der Waals surface area contributed by atoms with Crippen LogP contribution in [0.25, 0.3) is 0 Å². The van der Waals surface area contributed by atoms with Crippen molar-refractivity contribution in [1.82, 2.24) is 20.6 Å². The zero-order chi connectivity index (χ0) is 15.4. The van der Waals surface area contributed by atoms with Crippen molar-refractivity contribution < 1.29 is 0 Å². The zero-order valence-electron chi connectivity index (χ0n) is 14.3. The minimum Gasteiger partial charge on any atom is -0.177 e. The Morgan fingerprint density at radius 3 is 1.86 bits per heavy atom. The molecule has 0 amide bonds. The second kappa shape index (κ2) is 10.7. The van der Waals surface area contributed by atoms with Gasteiger partial charge in [0.15, 0.2) is 5.82 Å². The normalized spacial score (nSPS) is 14.2. The lowest BCUT2D eigenvalue weighted by Crippen LogP contribution is -2.24. The largest absolute Gasteiger partial charge is 0.180 e. The molecule has 122 valence electrons. The molecule has 0 aliphatic heterocycles. The molecule has 1 heterocycles. The fourth-order valence-electron chi connectivity index (χ4n) is 3.00. The smallest absolute Gasteiger partial charge is 0.177 e. The second-order valence-corrected chi connectivity index (χ2v) is 6.62. The summed E-state index contributed by atoms with van der Waals surface area (Å²) >= 11 is 0. The summed E-state index contributed by atoms with van der Waals surface area (Å²) in [6, 6.07) is 0. The fraction of sp³-hybridized carbons (Fsp3) is 0.941. The average molecular weight is 294 g/mol. The third kappa shape index (κ3) is 7.05. The molecule has 0 bridgehead atoms. The molecule has 0 aliphatic carbocycles. The molecule has 0 spiro atoms. The molecule has 1 N–H and O–H groups in total. The van der Waals surface area contributed by atoms with Gasteiger partial charge < -0.3 is 0 Å². The Balaban J connectivity index is 2.37. The van der Waals surface area contributed by atoms with Crippen LogP contribution in [0.2, 0.25) is 0 Å². The molecule has 21 heavy (non-hydrogen) atoms. The number of unbranched alkanes of at least 4 members (excludes halogenated alkanes) is 8. The maximum absolute atomic E-state index is 4.27. The number of hydrogen-bond donors (Lipinski definition) is 1. The van der Waals surface area contributed by atoms with Crippen LogP contribution in [0.4, 0.5) is 0 Å². The first-order chi connectivity index (χ1) is 10.2. The van der Waals surface area contributed by atoms with E-state index in [2.05, 4.69) is 41.4 Å². The third-order valence-corrected chi connectivity index (χ3v) is 4.55. The molecule has 1 rings (SSSR count). The Morgan fingerprint density at radius 1 is 0.810 bits per heavy atom. The molecule has 4 nitrogen and oxygen atoms in total. The monoisotopic (exact) mass is 294 g/mol. The molecule has 1 unspecified atom stereocenters. The lowest BCUT2D eigenvalue weighted by atomic mass is 9.79. The number of H-pyrrole nitrogens is 1. The van der Waals surface area contributed by atoms with Gasteiger partial charge in [-0.1, -0.05) is 90.2 Å². The molecule has 0 saturated carbocycles. The molecule has 4 heteroatoms. The van der Waals surface area contributed by atoms with Gasteiger partial charge in [0.2, 0.25) is 0 Å². The van der Waals surface area contributed by atoms with Crippen molar-refractivity contribution in [3.8, 4) is 0 Å². The van der Waals surface area contributed by atoms with E-state index in [1.54, 1.807) is 0 Å². The number of hydrogen-bond acceptors (Lipinski definition) is 3. The van der Waals surface area contributed by atoms with Gasteiger partial charge in [0.25, 0.3) is 0 Å². The SMILES string of the molecule is CCCCCCCCC(C)(CCCCCC)c1nn[nH]n1. The van der Waals surface area contributed by atoms with E-state index in [9.17, 15) is 0 Å². The lowest BCUT2D eigenvalue weighted by molar-refractivity contribution is 0.345. The number of nitrogens with zero attached hydrogens (tertiary/aromatic N) is 3. The summed E-state index contributed by atoms with van der Waals surface area (Å²) < 4.78 is 0. The number of nitrogens with one attached hydrogen (secondary N) is 1. The van der Waals surface area contributed by atoms with Crippen molar-refractivity contribution in [3.05, 3.63) is 5.82 Å². The molecule has 0 radical (unpaired) electrons. The molecule has 1 aromatic heterocycles. The Bertz CT molecular complexity index is 337. The Morgan fingerprint density at radius 2 is 1.33 bits per heavy atom. The van der Waals surface area contributed by atoms with E-state index in [0.29, 0.717) is 0 Å². The van der Waals surface area contributed by atoms with Gasteiger partial charge in [-0.2, -0.15) is 5.21 Å². The second-order valence-electron chi connectivity index (χ2n) is 6.62. The van der Waals surface area contributed by atoms with E-state index in [1.807, 2.05) is 0 Å². The minimum atomic E-state index is 0.103. The van der Waals surface area contributed by atoms with E-state index >= 15 is 0 Å². The van der Waals surface area contributed by atoms with E-state index in [0.717, 1.165) is 5.82 Å². The van der Waals surface area contributed by atoms with Crippen LogP contribution in [0.15, 0.2) is 0 Å². The van der Waals surface area contributed by atoms with Crippen molar-refractivity contribution >= 4 is 0 Å². The summed E-state index contributed by atoms with van der Waals surface area (Å²) in [6.07, 6.45) is 15.6. The standard InChI is InChI=1S/C17H34N4/c1-4-6-8-10-11-13-15-17(3,14-12-9-7-5-2)16-18-20-21-19-16/h4-15H2,1-3H3,(H,18,19,20,21). The number of aromatic amines is 1. The zero-order valence-corrected chi connectivity index (χ0v) is 14.3. The predicted octanol–water partition coefficient (Wildman–Crippen LogP) is 5.18. The van der Waals surface area contributed by atoms with Crippen molar-refractivity contribution in [2.45, 2.75) is 103 Å². The van der Waals surface area contributed by atoms with Crippen molar-refractivity contribution in [3.63, 3.8) is 0 Å². The van der Waals surface area contributed by atoms with Crippen LogP contribution >= 0.6 is 0 Å². The minimum absolute atomic E-state index is 0.103. The molecule has 0 aliphatic rings. The Labute approximate surface area is 130 Å². The maximum Gasteiger partial charge on any atom is 0.180 e. The van der Waals surface area contributed by atoms with Gasteiger partial charge in [0, 0.05) is 5.41 Å². The molecule has 0 saturated heterocycles. The summed E-state index contributed by atoms with van der Waals surface area (Å²) in [5, 5.41) is 14.9. The van der Waals surface area contributed by atoms with Crippen molar-refractivity contribution in [1.29, 1.82) is 0 Å². The van der Waals surface area contributed by atoms with E-state index in [1.165, 1.54) is 77.0 Å². The van der Waals surface area contributed by atoms with E-state index in [-0.39, 0.29) is 5.41 Å². The van der Waals surface area contributed by atoms with Crippen LogP contribution < -0.4 is 0 Å². The van der Waals surface area contributed by atoms with Gasteiger partial charge in [-0.25, -0.2) is 0 Å². The van der Waals surface area contributed by atoms with Crippen molar-refractivity contribution in [2.75, 3.05) is 0 Å². The molecule has 0 fully saturated rings. The first kappa shape index (κ1) is 18.1. The first-order valence-corrected chi connectivity index (χ1v) is 8.97. The fourth-order valence-corrected chi connectivity index (χ4v) is 3.00. The summed E-state index contributed by atoms with van der Waals surface area (Å²) in [4.78, 5) is 0. The summed E-state index contributed by atoms with van der Waals surface area (Å²) in [5.74, 6) is 0.910. The topological polar surface area (TPSA) is 54.5 Å². The third-order valence-electron chi connectivity index (χ3n) is 4.55. The summed E-state index contributed by atoms with van der Waals surface area (Å²) in [5.41, 5.74) is 0.103. The highest BCUT2D eigenvalue weighted by Crippen LogP contribution is 2.32. The number of aromatic nitrogens is 4. The van der Waals surface area contributed by atoms with Crippen LogP contribution in [0.1, 0.15) is 104 Å². The Kier molecular flexibility index (Phi) is 9.27. The first-order valence-electron chi connectivity index (χ1n) is 8.97. The predicted molar refractivity (Wildman–Crippen MR) is 88.3 cm³/mol. The summed E-state index contributed by atoms with van der Waals surface area (Å²) in [7, 11) is 0. The van der Waals surface area contributed by atoms with E-state index in [4.69, 9.17) is 0 Å². The highest BCUT2D eigenvalue weighted by Gasteiger charge is 2.29. The van der Waals surface area contributed by atoms with Gasteiger partial charge >= 0.3 is 0 Å². The Hall–Kier alpha value is -0.930. The van der Waals surface area contributed by atoms with Gasteiger partial charge in [-0.05, 0) is 12.8 Å². The highest BCUT2D eigenvalue weighted by atomic mass is 15.5. The highest BCUT2D eigenvalue weighted by molar-refractivity contribution is 5.02. The molecule has 1 atom stereocenters. The van der Waals surface area contributed by atoms with Crippen LogP contribution in [0.5, 0.6) is 0 Å². The number of tetrazole rings is 1. The van der Waals surface area contributed by atoms with Crippen LogP contribution in [-0.4, -0.2) is 20.6 Å². The summed E-state index contributed by atoms with van der Waals surface area (Å²) in [6.45, 7) is 6.84. The molecule has 0 aromatic carbocycles. The molecular weight excluding hydrogens is 260 g/mol. The van der Waals surface area contributed by atoms with Crippen LogP contribution in [-0.2, 0) is 5.41 Å². The van der Waals surface area contributed by atoms with Crippen LogP contribution in [0, 0.1) is 0 Å².